The molecule has 3 aromatic rings. The third kappa shape index (κ3) is 7.05. The highest BCUT2D eigenvalue weighted by Gasteiger charge is 2.21. The van der Waals surface area contributed by atoms with E-state index in [9.17, 15) is 4.39 Å². The SMILES string of the molecule is C/C=C(/CN(Cc1ccccc1)Cc1ccc2c(c1)OCCO2)N(CCCC)/C(=C/C)c1ccccc1F. The van der Waals surface area contributed by atoms with Gasteiger partial charge in [0, 0.05) is 43.1 Å². The third-order valence-electron chi connectivity index (χ3n) is 6.78. The Morgan fingerprint density at radius 1 is 0.842 bits per heavy atom. The summed E-state index contributed by atoms with van der Waals surface area (Å²) in [7, 11) is 0. The van der Waals surface area contributed by atoms with Crippen molar-refractivity contribution >= 4 is 5.70 Å². The van der Waals surface area contributed by atoms with Crippen LogP contribution in [-0.4, -0.2) is 36.1 Å². The van der Waals surface area contributed by atoms with Gasteiger partial charge in [0.05, 0.1) is 0 Å². The Morgan fingerprint density at radius 3 is 2.26 bits per heavy atom. The molecule has 0 spiro atoms. The number of nitrogens with zero attached hydrogens (tertiary/aromatic N) is 2. The summed E-state index contributed by atoms with van der Waals surface area (Å²) in [6.07, 6.45) is 6.28. The molecule has 5 heteroatoms. The molecule has 4 nitrogen and oxygen atoms in total. The molecule has 0 aromatic heterocycles. The largest absolute Gasteiger partial charge is 0.486 e. The second-order valence-corrected chi connectivity index (χ2v) is 9.55. The van der Waals surface area contributed by atoms with E-state index >= 15 is 0 Å². The average Bonchev–Trinajstić information content (AvgIpc) is 2.95. The molecule has 1 aliphatic heterocycles. The zero-order valence-corrected chi connectivity index (χ0v) is 22.8. The van der Waals surface area contributed by atoms with Crippen molar-refractivity contribution in [3.8, 4) is 11.5 Å². The minimum Gasteiger partial charge on any atom is -0.486 e. The summed E-state index contributed by atoms with van der Waals surface area (Å²) in [4.78, 5) is 4.73. The summed E-state index contributed by atoms with van der Waals surface area (Å²) in [6, 6.07) is 23.8. The zero-order valence-electron chi connectivity index (χ0n) is 22.8. The van der Waals surface area contributed by atoms with Gasteiger partial charge >= 0.3 is 0 Å². The quantitative estimate of drug-likeness (QED) is 0.248. The van der Waals surface area contributed by atoms with Gasteiger partial charge in [0.1, 0.15) is 19.0 Å². The van der Waals surface area contributed by atoms with Crippen LogP contribution >= 0.6 is 0 Å². The van der Waals surface area contributed by atoms with E-state index in [4.69, 9.17) is 9.47 Å². The topological polar surface area (TPSA) is 24.9 Å². The number of hydrogen-bond acceptors (Lipinski definition) is 4. The van der Waals surface area contributed by atoms with Gasteiger partial charge in [-0.2, -0.15) is 0 Å². The molecule has 200 valence electrons. The maximum Gasteiger partial charge on any atom is 0.161 e. The molecule has 0 aliphatic carbocycles. The van der Waals surface area contributed by atoms with Gasteiger partial charge in [0.15, 0.2) is 11.5 Å². The number of rotatable bonds is 12. The van der Waals surface area contributed by atoms with Crippen LogP contribution in [0.1, 0.15) is 50.3 Å². The first kappa shape index (κ1) is 27.5. The number of unbranched alkanes of at least 4 members (excludes halogenated alkanes) is 1. The van der Waals surface area contributed by atoms with E-state index in [2.05, 4.69) is 66.1 Å². The maximum absolute atomic E-state index is 14.9. The Balaban J connectivity index is 1.63. The molecule has 0 N–H and O–H groups in total. The average molecular weight is 515 g/mol. The molecule has 3 aromatic carbocycles. The Hall–Kier alpha value is -3.57. The smallest absolute Gasteiger partial charge is 0.161 e. The van der Waals surface area contributed by atoms with E-state index in [0.717, 1.165) is 61.9 Å². The summed E-state index contributed by atoms with van der Waals surface area (Å²) < 4.78 is 26.5. The van der Waals surface area contributed by atoms with Crippen LogP contribution < -0.4 is 9.47 Å². The summed E-state index contributed by atoms with van der Waals surface area (Å²) in [5, 5.41) is 0. The van der Waals surface area contributed by atoms with Crippen molar-refractivity contribution in [3.63, 3.8) is 0 Å². The highest BCUT2D eigenvalue weighted by atomic mass is 19.1. The lowest BCUT2D eigenvalue weighted by Gasteiger charge is -2.34. The lowest BCUT2D eigenvalue weighted by Crippen LogP contribution is -2.33. The number of fused-ring (bicyclic) bond motifs is 1. The third-order valence-corrected chi connectivity index (χ3v) is 6.78. The van der Waals surface area contributed by atoms with Gasteiger partial charge in [-0.1, -0.05) is 74.0 Å². The predicted molar refractivity (Wildman–Crippen MR) is 153 cm³/mol. The van der Waals surface area contributed by atoms with Crippen LogP contribution in [0.25, 0.3) is 5.70 Å². The van der Waals surface area contributed by atoms with Gasteiger partial charge in [-0.05, 0) is 55.7 Å². The van der Waals surface area contributed by atoms with E-state index < -0.39 is 0 Å². The van der Waals surface area contributed by atoms with E-state index in [0.29, 0.717) is 18.8 Å². The summed E-state index contributed by atoms with van der Waals surface area (Å²) >= 11 is 0. The Labute approximate surface area is 227 Å². The van der Waals surface area contributed by atoms with Gasteiger partial charge in [-0.3, -0.25) is 4.90 Å². The first-order valence-electron chi connectivity index (χ1n) is 13.6. The second kappa shape index (κ2) is 13.8. The van der Waals surface area contributed by atoms with Crippen LogP contribution in [0.2, 0.25) is 0 Å². The molecule has 0 unspecified atom stereocenters. The highest BCUT2D eigenvalue weighted by molar-refractivity contribution is 5.66. The predicted octanol–water partition coefficient (Wildman–Crippen LogP) is 7.67. The van der Waals surface area contributed by atoms with Crippen LogP contribution in [-0.2, 0) is 13.1 Å². The van der Waals surface area contributed by atoms with Gasteiger partial charge in [-0.15, -0.1) is 0 Å². The monoisotopic (exact) mass is 514 g/mol. The molecular formula is C33H39FN2O2. The summed E-state index contributed by atoms with van der Waals surface area (Å²) in [6.45, 7) is 10.5. The first-order chi connectivity index (χ1) is 18.6. The van der Waals surface area contributed by atoms with E-state index in [1.165, 1.54) is 17.2 Å². The van der Waals surface area contributed by atoms with Crippen molar-refractivity contribution in [2.75, 3.05) is 26.3 Å². The van der Waals surface area contributed by atoms with Crippen LogP contribution in [0, 0.1) is 5.82 Å². The molecule has 0 saturated carbocycles. The molecule has 0 radical (unpaired) electrons. The van der Waals surface area contributed by atoms with Crippen LogP contribution in [0.5, 0.6) is 11.5 Å². The molecule has 4 rings (SSSR count). The standard InChI is InChI=1S/C33H39FN2O2/c1-4-7-19-36(31(6-3)29-15-11-12-16-30(29)34)28(5-2)25-35(23-26-13-9-8-10-14-26)24-27-17-18-32-33(22-27)38-21-20-37-32/h5-6,8-18,22H,4,7,19-21,23-25H2,1-3H3/b28-5-,31-6+. The van der Waals surface area contributed by atoms with E-state index in [1.807, 2.05) is 37.3 Å². The van der Waals surface area contributed by atoms with Crippen LogP contribution in [0.15, 0.2) is 90.6 Å². The van der Waals surface area contributed by atoms with Crippen molar-refractivity contribution in [3.05, 3.63) is 113 Å². The number of hydrogen-bond donors (Lipinski definition) is 0. The number of halogens is 1. The molecule has 1 heterocycles. The molecular weight excluding hydrogens is 475 g/mol. The molecule has 0 amide bonds. The minimum absolute atomic E-state index is 0.199. The summed E-state index contributed by atoms with van der Waals surface area (Å²) in [5.74, 6) is 1.41. The number of allylic oxidation sites excluding steroid dienone is 2. The van der Waals surface area contributed by atoms with E-state index in [-0.39, 0.29) is 5.82 Å². The first-order valence-corrected chi connectivity index (χ1v) is 13.6. The molecule has 0 saturated heterocycles. The Kier molecular flexibility index (Phi) is 9.99. The van der Waals surface area contributed by atoms with Crippen molar-refractivity contribution < 1.29 is 13.9 Å². The molecule has 0 bridgehead atoms. The number of benzene rings is 3. The molecule has 38 heavy (non-hydrogen) atoms. The zero-order chi connectivity index (χ0) is 26.7. The van der Waals surface area contributed by atoms with Crippen LogP contribution in [0.4, 0.5) is 4.39 Å². The second-order valence-electron chi connectivity index (χ2n) is 9.55. The number of ether oxygens (including phenoxy) is 2. The van der Waals surface area contributed by atoms with Gasteiger partial charge in [0.25, 0.3) is 0 Å². The highest BCUT2D eigenvalue weighted by Crippen LogP contribution is 2.32. The lowest BCUT2D eigenvalue weighted by molar-refractivity contribution is 0.171. The van der Waals surface area contributed by atoms with Crippen molar-refractivity contribution in [1.29, 1.82) is 0 Å². The van der Waals surface area contributed by atoms with Gasteiger partial charge in [0.2, 0.25) is 0 Å². The Morgan fingerprint density at radius 2 is 1.55 bits per heavy atom. The summed E-state index contributed by atoms with van der Waals surface area (Å²) in [5.41, 5.74) is 5.11. The normalized spacial score (nSPS) is 13.6. The van der Waals surface area contributed by atoms with Crippen LogP contribution in [0.3, 0.4) is 0 Å². The van der Waals surface area contributed by atoms with Crippen molar-refractivity contribution in [2.45, 2.75) is 46.7 Å². The fourth-order valence-electron chi connectivity index (χ4n) is 4.88. The van der Waals surface area contributed by atoms with Gasteiger partial charge < -0.3 is 14.4 Å². The molecule has 0 fully saturated rings. The van der Waals surface area contributed by atoms with E-state index in [1.54, 1.807) is 6.07 Å². The van der Waals surface area contributed by atoms with Crippen molar-refractivity contribution in [1.82, 2.24) is 9.80 Å². The van der Waals surface area contributed by atoms with Gasteiger partial charge in [-0.25, -0.2) is 4.39 Å². The minimum atomic E-state index is -0.199. The Bertz CT molecular complexity index is 1240. The fraction of sp³-hybridized carbons (Fsp3) is 0.333. The molecule has 1 aliphatic rings. The van der Waals surface area contributed by atoms with Crippen molar-refractivity contribution in [2.24, 2.45) is 0 Å². The molecule has 0 atom stereocenters. The lowest BCUT2D eigenvalue weighted by atomic mass is 10.1. The maximum atomic E-state index is 14.9. The fourth-order valence-corrected chi connectivity index (χ4v) is 4.88.